The number of nitrogens with zero attached hydrogens (tertiary/aromatic N) is 1. The Hall–Kier alpha value is -1.96. The van der Waals surface area contributed by atoms with Crippen molar-refractivity contribution in [1.29, 1.82) is 0 Å². The largest absolute Gasteiger partial charge is 0.322 e. The van der Waals surface area contributed by atoms with Crippen molar-refractivity contribution in [2.75, 3.05) is 18.4 Å². The Morgan fingerprint density at radius 2 is 1.77 bits per heavy atom. The van der Waals surface area contributed by atoms with E-state index in [9.17, 15) is 13.2 Å². The zero-order chi connectivity index (χ0) is 19.2. The Morgan fingerprint density at radius 3 is 2.35 bits per heavy atom. The summed E-state index contributed by atoms with van der Waals surface area (Å²) >= 11 is 3.35. The van der Waals surface area contributed by atoms with E-state index in [2.05, 4.69) is 21.2 Å². The standard InChI is InChI=1S/C19H21BrN2O3S/c1-3-22(4-2)26(24,25)18-11-8-15(9-12-18)10-13-19(23)21-17-7-5-6-16(20)14-17/h5-14H,3-4H2,1-2H3,(H,21,23)/b13-10+. The van der Waals surface area contributed by atoms with Gasteiger partial charge in [0.1, 0.15) is 0 Å². The van der Waals surface area contributed by atoms with Crippen LogP contribution in [0.15, 0.2) is 64.0 Å². The van der Waals surface area contributed by atoms with E-state index < -0.39 is 10.0 Å². The van der Waals surface area contributed by atoms with Crippen LogP contribution in [0.25, 0.3) is 6.08 Å². The van der Waals surface area contributed by atoms with E-state index in [4.69, 9.17) is 0 Å². The molecule has 0 saturated carbocycles. The number of hydrogen-bond acceptors (Lipinski definition) is 3. The van der Waals surface area contributed by atoms with Crippen LogP contribution in [0.2, 0.25) is 0 Å². The van der Waals surface area contributed by atoms with Crippen molar-refractivity contribution in [3.63, 3.8) is 0 Å². The van der Waals surface area contributed by atoms with E-state index >= 15 is 0 Å². The van der Waals surface area contributed by atoms with E-state index in [1.54, 1.807) is 42.5 Å². The molecule has 0 aliphatic carbocycles. The fraction of sp³-hybridized carbons (Fsp3) is 0.211. The molecule has 138 valence electrons. The number of carbonyl (C=O) groups excluding carboxylic acids is 1. The molecule has 2 rings (SSSR count). The van der Waals surface area contributed by atoms with Crippen molar-refractivity contribution in [2.24, 2.45) is 0 Å². The molecule has 0 aromatic heterocycles. The van der Waals surface area contributed by atoms with Crippen LogP contribution in [0.3, 0.4) is 0 Å². The van der Waals surface area contributed by atoms with Crippen molar-refractivity contribution in [3.05, 3.63) is 64.6 Å². The minimum absolute atomic E-state index is 0.247. The number of sulfonamides is 1. The number of hydrogen-bond donors (Lipinski definition) is 1. The van der Waals surface area contributed by atoms with E-state index in [-0.39, 0.29) is 10.8 Å². The molecule has 1 N–H and O–H groups in total. The third-order valence-electron chi connectivity index (χ3n) is 3.74. The van der Waals surface area contributed by atoms with Crippen molar-refractivity contribution < 1.29 is 13.2 Å². The normalized spacial score (nSPS) is 11.8. The molecule has 2 aromatic rings. The molecule has 0 aliphatic rings. The molecule has 0 heterocycles. The first kappa shape index (κ1) is 20.4. The topological polar surface area (TPSA) is 66.5 Å². The summed E-state index contributed by atoms with van der Waals surface area (Å²) in [5.41, 5.74) is 1.43. The van der Waals surface area contributed by atoms with Gasteiger partial charge in [-0.2, -0.15) is 4.31 Å². The van der Waals surface area contributed by atoms with Crippen molar-refractivity contribution >= 4 is 43.6 Å². The van der Waals surface area contributed by atoms with Crippen LogP contribution >= 0.6 is 15.9 Å². The summed E-state index contributed by atoms with van der Waals surface area (Å²) in [5, 5.41) is 2.76. The van der Waals surface area contributed by atoms with Gasteiger partial charge in [-0.25, -0.2) is 8.42 Å². The van der Waals surface area contributed by atoms with Gasteiger partial charge in [0.25, 0.3) is 0 Å². The molecular weight excluding hydrogens is 416 g/mol. The molecule has 0 saturated heterocycles. The summed E-state index contributed by atoms with van der Waals surface area (Å²) in [5.74, 6) is -0.261. The fourth-order valence-corrected chi connectivity index (χ4v) is 4.24. The van der Waals surface area contributed by atoms with Gasteiger partial charge < -0.3 is 5.32 Å². The zero-order valence-electron chi connectivity index (χ0n) is 14.6. The predicted octanol–water partition coefficient (Wildman–Crippen LogP) is 4.13. The van der Waals surface area contributed by atoms with Crippen LogP contribution in [-0.4, -0.2) is 31.7 Å². The number of amides is 1. The van der Waals surface area contributed by atoms with Crippen molar-refractivity contribution in [2.45, 2.75) is 18.7 Å². The lowest BCUT2D eigenvalue weighted by Gasteiger charge is -2.18. The molecule has 0 bridgehead atoms. The van der Waals surface area contributed by atoms with Crippen LogP contribution in [0.4, 0.5) is 5.69 Å². The van der Waals surface area contributed by atoms with Gasteiger partial charge in [0.15, 0.2) is 0 Å². The minimum Gasteiger partial charge on any atom is -0.322 e. The maximum absolute atomic E-state index is 12.4. The molecule has 0 radical (unpaired) electrons. The Morgan fingerprint density at radius 1 is 1.12 bits per heavy atom. The molecular formula is C19H21BrN2O3S. The first-order valence-corrected chi connectivity index (χ1v) is 10.4. The lowest BCUT2D eigenvalue weighted by molar-refractivity contribution is -0.111. The fourth-order valence-electron chi connectivity index (χ4n) is 2.39. The molecule has 5 nitrogen and oxygen atoms in total. The second-order valence-corrected chi connectivity index (χ2v) is 8.34. The summed E-state index contributed by atoms with van der Waals surface area (Å²) in [6, 6.07) is 13.8. The maximum atomic E-state index is 12.4. The van der Waals surface area contributed by atoms with Crippen molar-refractivity contribution in [1.82, 2.24) is 4.31 Å². The number of carbonyl (C=O) groups is 1. The molecule has 0 unspecified atom stereocenters. The van der Waals surface area contributed by atoms with Gasteiger partial charge in [0.05, 0.1) is 4.90 Å². The maximum Gasteiger partial charge on any atom is 0.248 e. The minimum atomic E-state index is -3.47. The van der Waals surface area contributed by atoms with Crippen LogP contribution in [0.5, 0.6) is 0 Å². The van der Waals surface area contributed by atoms with Gasteiger partial charge in [-0.15, -0.1) is 0 Å². The second-order valence-electron chi connectivity index (χ2n) is 5.49. The van der Waals surface area contributed by atoms with E-state index in [1.807, 2.05) is 26.0 Å². The predicted molar refractivity (Wildman–Crippen MR) is 108 cm³/mol. The van der Waals surface area contributed by atoms with Crippen LogP contribution in [-0.2, 0) is 14.8 Å². The average Bonchev–Trinajstić information content (AvgIpc) is 2.61. The molecule has 0 aliphatic heterocycles. The average molecular weight is 437 g/mol. The first-order valence-electron chi connectivity index (χ1n) is 8.21. The molecule has 2 aromatic carbocycles. The van der Waals surface area contributed by atoms with Gasteiger partial charge in [0.2, 0.25) is 15.9 Å². The second kappa shape index (κ2) is 9.12. The van der Waals surface area contributed by atoms with Crippen LogP contribution in [0, 0.1) is 0 Å². The molecule has 0 atom stereocenters. The van der Waals surface area contributed by atoms with Gasteiger partial charge in [-0.05, 0) is 42.0 Å². The lowest BCUT2D eigenvalue weighted by atomic mass is 10.2. The highest BCUT2D eigenvalue weighted by Crippen LogP contribution is 2.17. The number of halogens is 1. The van der Waals surface area contributed by atoms with Gasteiger partial charge in [0, 0.05) is 29.3 Å². The summed E-state index contributed by atoms with van der Waals surface area (Å²) in [4.78, 5) is 12.2. The summed E-state index contributed by atoms with van der Waals surface area (Å²) in [6.45, 7) is 4.47. The molecule has 26 heavy (non-hydrogen) atoms. The smallest absolute Gasteiger partial charge is 0.248 e. The van der Waals surface area contributed by atoms with E-state index in [0.717, 1.165) is 10.0 Å². The summed E-state index contributed by atoms with van der Waals surface area (Å²) < 4.78 is 27.2. The van der Waals surface area contributed by atoms with Crippen molar-refractivity contribution in [3.8, 4) is 0 Å². The Balaban J connectivity index is 2.06. The van der Waals surface area contributed by atoms with E-state index in [0.29, 0.717) is 18.8 Å². The number of nitrogens with one attached hydrogen (secondary N) is 1. The Bertz CT molecular complexity index is 889. The highest BCUT2D eigenvalue weighted by atomic mass is 79.9. The quantitative estimate of drug-likeness (QED) is 0.663. The zero-order valence-corrected chi connectivity index (χ0v) is 17.0. The van der Waals surface area contributed by atoms with Gasteiger partial charge in [-0.3, -0.25) is 4.79 Å². The third-order valence-corrected chi connectivity index (χ3v) is 6.30. The van der Waals surface area contributed by atoms with E-state index in [1.165, 1.54) is 10.4 Å². The molecule has 0 fully saturated rings. The van der Waals surface area contributed by atoms with Crippen LogP contribution < -0.4 is 5.32 Å². The summed E-state index contributed by atoms with van der Waals surface area (Å²) in [7, 11) is -3.47. The van der Waals surface area contributed by atoms with Gasteiger partial charge in [-0.1, -0.05) is 48.0 Å². The third kappa shape index (κ3) is 5.27. The highest BCUT2D eigenvalue weighted by Gasteiger charge is 2.20. The SMILES string of the molecule is CCN(CC)S(=O)(=O)c1ccc(/C=C/C(=O)Nc2cccc(Br)c2)cc1. The lowest BCUT2D eigenvalue weighted by Crippen LogP contribution is -2.30. The first-order chi connectivity index (χ1) is 12.4. The molecule has 0 spiro atoms. The monoisotopic (exact) mass is 436 g/mol. The number of anilines is 1. The Labute approximate surface area is 162 Å². The molecule has 7 heteroatoms. The number of rotatable bonds is 7. The highest BCUT2D eigenvalue weighted by molar-refractivity contribution is 9.10. The molecule has 1 amide bonds. The van der Waals surface area contributed by atoms with Crippen LogP contribution in [0.1, 0.15) is 19.4 Å². The summed E-state index contributed by atoms with van der Waals surface area (Å²) in [6.07, 6.45) is 3.05. The number of benzene rings is 2. The van der Waals surface area contributed by atoms with Gasteiger partial charge >= 0.3 is 0 Å². The Kier molecular flexibility index (Phi) is 7.14.